The third-order valence-electron chi connectivity index (χ3n) is 2.43. The van der Waals surface area contributed by atoms with Gasteiger partial charge >= 0.3 is 5.97 Å². The van der Waals surface area contributed by atoms with E-state index in [1.165, 1.54) is 19.5 Å². The maximum absolute atomic E-state index is 11.6. The molecule has 0 saturated carbocycles. The minimum atomic E-state index is -0.552. The van der Waals surface area contributed by atoms with Gasteiger partial charge in [0.15, 0.2) is 5.69 Å². The molecule has 0 saturated heterocycles. The van der Waals surface area contributed by atoms with Crippen LogP contribution in [0.1, 0.15) is 24.3 Å². The van der Waals surface area contributed by atoms with E-state index in [2.05, 4.69) is 20.0 Å². The van der Waals surface area contributed by atoms with Crippen molar-refractivity contribution in [1.29, 1.82) is 0 Å². The molecule has 1 aromatic rings. The number of anilines is 1. The molecule has 1 rings (SSSR count). The summed E-state index contributed by atoms with van der Waals surface area (Å²) in [4.78, 5) is 32.7. The van der Waals surface area contributed by atoms with Crippen LogP contribution in [-0.4, -0.2) is 48.6 Å². The molecule has 0 atom stereocenters. The van der Waals surface area contributed by atoms with Crippen LogP contribution in [0, 0.1) is 0 Å². The van der Waals surface area contributed by atoms with Crippen LogP contribution in [0.4, 0.5) is 5.82 Å². The lowest BCUT2D eigenvalue weighted by Crippen LogP contribution is -2.37. The Hall–Kier alpha value is -2.18. The van der Waals surface area contributed by atoms with E-state index >= 15 is 0 Å². The first-order valence-corrected chi connectivity index (χ1v) is 6.04. The second-order valence-corrected chi connectivity index (χ2v) is 3.72. The minimum Gasteiger partial charge on any atom is -0.464 e. The van der Waals surface area contributed by atoms with Crippen molar-refractivity contribution in [3.63, 3.8) is 0 Å². The molecule has 1 aromatic heterocycles. The highest BCUT2D eigenvalue weighted by molar-refractivity contribution is 5.87. The van der Waals surface area contributed by atoms with Crippen LogP contribution in [0.15, 0.2) is 12.4 Å². The summed E-state index contributed by atoms with van der Waals surface area (Å²) in [7, 11) is 1.28. The van der Waals surface area contributed by atoms with Gasteiger partial charge in [0.2, 0.25) is 5.91 Å². The Morgan fingerprint density at radius 1 is 1.37 bits per heavy atom. The lowest BCUT2D eigenvalue weighted by atomic mass is 10.4. The van der Waals surface area contributed by atoms with Gasteiger partial charge in [-0.1, -0.05) is 0 Å². The van der Waals surface area contributed by atoms with Crippen LogP contribution in [0.5, 0.6) is 0 Å². The predicted octanol–water partition coefficient (Wildman–Crippen LogP) is 0.226. The zero-order valence-electron chi connectivity index (χ0n) is 11.3. The second-order valence-electron chi connectivity index (χ2n) is 3.72. The fourth-order valence-corrected chi connectivity index (χ4v) is 1.49. The highest BCUT2D eigenvalue weighted by Crippen LogP contribution is 2.09. The molecule has 19 heavy (non-hydrogen) atoms. The molecule has 0 fully saturated rings. The van der Waals surface area contributed by atoms with E-state index in [-0.39, 0.29) is 18.1 Å². The fourth-order valence-electron chi connectivity index (χ4n) is 1.49. The average molecular weight is 266 g/mol. The largest absolute Gasteiger partial charge is 0.464 e. The highest BCUT2D eigenvalue weighted by Gasteiger charge is 2.14. The third kappa shape index (κ3) is 4.20. The summed E-state index contributed by atoms with van der Waals surface area (Å²) in [5.74, 6) is -0.185. The van der Waals surface area contributed by atoms with Gasteiger partial charge in [-0.15, -0.1) is 0 Å². The molecular weight excluding hydrogens is 248 g/mol. The first-order valence-electron chi connectivity index (χ1n) is 6.04. The summed E-state index contributed by atoms with van der Waals surface area (Å²) in [5, 5.41) is 2.71. The molecule has 7 nitrogen and oxygen atoms in total. The zero-order valence-corrected chi connectivity index (χ0v) is 11.3. The number of methoxy groups -OCH3 is 1. The van der Waals surface area contributed by atoms with Crippen molar-refractivity contribution in [2.45, 2.75) is 13.8 Å². The molecule has 1 amide bonds. The van der Waals surface area contributed by atoms with Crippen molar-refractivity contribution < 1.29 is 14.3 Å². The zero-order chi connectivity index (χ0) is 14.3. The van der Waals surface area contributed by atoms with Gasteiger partial charge in [-0.25, -0.2) is 9.78 Å². The Morgan fingerprint density at radius 3 is 2.68 bits per heavy atom. The summed E-state index contributed by atoms with van der Waals surface area (Å²) in [6.45, 7) is 5.07. The lowest BCUT2D eigenvalue weighted by Gasteiger charge is -2.20. The molecule has 0 spiro atoms. The Kier molecular flexibility index (Phi) is 5.72. The number of likely N-dealkylation sites (N-methyl/N-ethyl adjacent to an activating group) is 2. The van der Waals surface area contributed by atoms with Crippen LogP contribution in [0.3, 0.4) is 0 Å². The van der Waals surface area contributed by atoms with E-state index in [1.54, 1.807) is 4.90 Å². The lowest BCUT2D eigenvalue weighted by molar-refractivity contribution is -0.119. The SMILES string of the molecule is CCNC(=O)CN(CC)c1cncc(C(=O)OC)n1. The first-order chi connectivity index (χ1) is 9.12. The summed E-state index contributed by atoms with van der Waals surface area (Å²) in [6.07, 6.45) is 2.84. The number of esters is 1. The molecule has 104 valence electrons. The Balaban J connectivity index is 2.86. The first kappa shape index (κ1) is 14.9. The average Bonchev–Trinajstić information content (AvgIpc) is 2.44. The maximum Gasteiger partial charge on any atom is 0.358 e. The molecule has 0 aliphatic carbocycles. The number of ether oxygens (including phenoxy) is 1. The van der Waals surface area contributed by atoms with Gasteiger partial charge in [-0.05, 0) is 13.8 Å². The fraction of sp³-hybridized carbons (Fsp3) is 0.500. The second kappa shape index (κ2) is 7.30. The smallest absolute Gasteiger partial charge is 0.358 e. The molecule has 7 heteroatoms. The van der Waals surface area contributed by atoms with E-state index in [0.717, 1.165) is 0 Å². The molecule has 0 radical (unpaired) electrons. The Labute approximate surface area is 112 Å². The van der Waals surface area contributed by atoms with Gasteiger partial charge in [0, 0.05) is 13.1 Å². The van der Waals surface area contributed by atoms with Gasteiger partial charge in [-0.2, -0.15) is 0 Å². The quantitative estimate of drug-likeness (QED) is 0.742. The molecule has 1 heterocycles. The number of nitrogens with one attached hydrogen (secondary N) is 1. The van der Waals surface area contributed by atoms with Crippen LogP contribution >= 0.6 is 0 Å². The number of rotatable bonds is 6. The molecule has 0 bridgehead atoms. The van der Waals surface area contributed by atoms with Crippen molar-refractivity contribution in [3.05, 3.63) is 18.1 Å². The van der Waals surface area contributed by atoms with Crippen LogP contribution in [-0.2, 0) is 9.53 Å². The normalized spacial score (nSPS) is 9.84. The highest BCUT2D eigenvalue weighted by atomic mass is 16.5. The van der Waals surface area contributed by atoms with E-state index < -0.39 is 5.97 Å². The number of hydrogen-bond acceptors (Lipinski definition) is 6. The summed E-state index contributed by atoms with van der Waals surface area (Å²) in [6, 6.07) is 0. The number of carbonyl (C=O) groups is 2. The summed E-state index contributed by atoms with van der Waals surface area (Å²) >= 11 is 0. The Morgan fingerprint density at radius 2 is 2.11 bits per heavy atom. The molecule has 0 aliphatic rings. The topological polar surface area (TPSA) is 84.4 Å². The van der Waals surface area contributed by atoms with E-state index in [4.69, 9.17) is 0 Å². The Bertz CT molecular complexity index is 450. The summed E-state index contributed by atoms with van der Waals surface area (Å²) < 4.78 is 4.59. The standard InChI is InChI=1S/C12H18N4O3/c1-4-14-11(17)8-16(5-2)10-7-13-6-9(15-10)12(18)19-3/h6-7H,4-5,8H2,1-3H3,(H,14,17). The predicted molar refractivity (Wildman–Crippen MR) is 69.9 cm³/mol. The molecule has 0 unspecified atom stereocenters. The van der Waals surface area contributed by atoms with Crippen molar-refractivity contribution in [1.82, 2.24) is 15.3 Å². The van der Waals surface area contributed by atoms with E-state index in [1.807, 2.05) is 13.8 Å². The van der Waals surface area contributed by atoms with E-state index in [0.29, 0.717) is 18.9 Å². The third-order valence-corrected chi connectivity index (χ3v) is 2.43. The van der Waals surface area contributed by atoms with Crippen molar-refractivity contribution in [2.24, 2.45) is 0 Å². The number of hydrogen-bond donors (Lipinski definition) is 1. The van der Waals surface area contributed by atoms with Crippen molar-refractivity contribution in [3.8, 4) is 0 Å². The number of carbonyl (C=O) groups excluding carboxylic acids is 2. The van der Waals surface area contributed by atoms with Crippen LogP contribution < -0.4 is 10.2 Å². The van der Waals surface area contributed by atoms with Gasteiger partial charge < -0.3 is 15.0 Å². The van der Waals surface area contributed by atoms with Gasteiger partial charge in [0.1, 0.15) is 5.82 Å². The number of aromatic nitrogens is 2. The molecule has 1 N–H and O–H groups in total. The summed E-state index contributed by atoms with van der Waals surface area (Å²) in [5.41, 5.74) is 0.120. The van der Waals surface area contributed by atoms with Gasteiger partial charge in [-0.3, -0.25) is 9.78 Å². The van der Waals surface area contributed by atoms with Crippen LogP contribution in [0.2, 0.25) is 0 Å². The molecule has 0 aliphatic heterocycles. The van der Waals surface area contributed by atoms with Gasteiger partial charge in [0.05, 0.1) is 26.0 Å². The monoisotopic (exact) mass is 266 g/mol. The maximum atomic E-state index is 11.6. The van der Waals surface area contributed by atoms with E-state index in [9.17, 15) is 9.59 Å². The van der Waals surface area contributed by atoms with Gasteiger partial charge in [0.25, 0.3) is 0 Å². The number of amides is 1. The van der Waals surface area contributed by atoms with Crippen molar-refractivity contribution in [2.75, 3.05) is 31.6 Å². The molecule has 0 aromatic carbocycles. The molecular formula is C12H18N4O3. The van der Waals surface area contributed by atoms with Crippen LogP contribution in [0.25, 0.3) is 0 Å². The number of nitrogens with zero attached hydrogens (tertiary/aromatic N) is 3. The van der Waals surface area contributed by atoms with Crippen molar-refractivity contribution >= 4 is 17.7 Å². The minimum absolute atomic E-state index is 0.102.